The summed E-state index contributed by atoms with van der Waals surface area (Å²) in [6, 6.07) is 0. The average molecular weight is 200 g/mol. The first-order chi connectivity index (χ1) is 7.27. The van der Waals surface area contributed by atoms with E-state index in [1.54, 1.807) is 0 Å². The Hall–Kier alpha value is -1.44. The van der Waals surface area contributed by atoms with Crippen molar-refractivity contribution in [3.8, 4) is 0 Å². The molecule has 0 spiro atoms. The average Bonchev–Trinajstić information content (AvgIpc) is 2.25. The van der Waals surface area contributed by atoms with Crippen molar-refractivity contribution in [3.63, 3.8) is 0 Å². The molecular formula is C13H16N2. The smallest absolute Gasteiger partial charge is 0.0483 e. The summed E-state index contributed by atoms with van der Waals surface area (Å²) in [4.78, 5) is 0. The van der Waals surface area contributed by atoms with Crippen LogP contribution in [0.4, 0.5) is 0 Å². The topological polar surface area (TPSA) is 52.0 Å². The van der Waals surface area contributed by atoms with Gasteiger partial charge in [0.1, 0.15) is 0 Å². The molecule has 0 amide bonds. The fourth-order valence-corrected chi connectivity index (χ4v) is 3.04. The number of allylic oxidation sites excluding steroid dienone is 6. The lowest BCUT2D eigenvalue weighted by molar-refractivity contribution is 0.457. The van der Waals surface area contributed by atoms with Crippen LogP contribution in [0, 0.1) is 11.8 Å². The molecule has 78 valence electrons. The molecule has 0 aromatic heterocycles. The van der Waals surface area contributed by atoms with Crippen LogP contribution in [0.3, 0.4) is 0 Å². The Labute approximate surface area is 90.0 Å². The first kappa shape index (κ1) is 8.84. The molecule has 0 radical (unpaired) electrons. The van der Waals surface area contributed by atoms with Gasteiger partial charge in [-0.2, -0.15) is 0 Å². The van der Waals surface area contributed by atoms with E-state index in [0.29, 0.717) is 5.92 Å². The molecule has 2 heteroatoms. The number of hydrogen-bond donors (Lipinski definition) is 2. The molecule has 0 aliphatic heterocycles. The van der Waals surface area contributed by atoms with Gasteiger partial charge in [-0.25, -0.2) is 0 Å². The minimum Gasteiger partial charge on any atom is -0.401 e. The second kappa shape index (κ2) is 3.02. The molecule has 0 atom stereocenters. The highest BCUT2D eigenvalue weighted by molar-refractivity contribution is 5.45. The van der Waals surface area contributed by atoms with Crippen molar-refractivity contribution in [2.75, 3.05) is 0 Å². The van der Waals surface area contributed by atoms with Gasteiger partial charge in [0.2, 0.25) is 0 Å². The molecular weight excluding hydrogens is 184 g/mol. The Balaban J connectivity index is 2.13. The molecule has 3 aliphatic carbocycles. The van der Waals surface area contributed by atoms with E-state index in [9.17, 15) is 0 Å². The summed E-state index contributed by atoms with van der Waals surface area (Å²) < 4.78 is 0. The molecule has 0 saturated heterocycles. The number of hydrogen-bond acceptors (Lipinski definition) is 2. The summed E-state index contributed by atoms with van der Waals surface area (Å²) in [6.45, 7) is 0. The highest BCUT2D eigenvalue weighted by atomic mass is 14.7. The quantitative estimate of drug-likeness (QED) is 0.628. The molecule has 0 aromatic carbocycles. The van der Waals surface area contributed by atoms with E-state index in [1.165, 1.54) is 30.4 Å². The van der Waals surface area contributed by atoms with Crippen LogP contribution in [-0.4, -0.2) is 0 Å². The monoisotopic (exact) mass is 200 g/mol. The van der Waals surface area contributed by atoms with Gasteiger partial charge in [-0.1, -0.05) is 23.3 Å². The van der Waals surface area contributed by atoms with Gasteiger partial charge in [-0.3, -0.25) is 0 Å². The maximum absolute atomic E-state index is 6.05. The normalized spacial score (nSPS) is 33.3. The third-order valence-corrected chi connectivity index (χ3v) is 3.76. The first-order valence-electron chi connectivity index (χ1n) is 5.59. The predicted octanol–water partition coefficient (Wildman–Crippen LogP) is 1.97. The van der Waals surface area contributed by atoms with E-state index < -0.39 is 0 Å². The number of nitrogens with two attached hydrogens (primary N) is 2. The Morgan fingerprint density at radius 1 is 0.800 bits per heavy atom. The Kier molecular flexibility index (Phi) is 1.78. The second-order valence-electron chi connectivity index (χ2n) is 4.63. The Bertz CT molecular complexity index is 386. The number of rotatable bonds is 0. The molecule has 15 heavy (non-hydrogen) atoms. The van der Waals surface area contributed by atoms with Crippen LogP contribution >= 0.6 is 0 Å². The van der Waals surface area contributed by atoms with Crippen LogP contribution in [0.5, 0.6) is 0 Å². The third kappa shape index (κ3) is 1.17. The zero-order valence-electron chi connectivity index (χ0n) is 8.74. The molecule has 1 saturated carbocycles. The highest BCUT2D eigenvalue weighted by Crippen LogP contribution is 2.46. The van der Waals surface area contributed by atoms with Gasteiger partial charge in [0.25, 0.3) is 0 Å². The fourth-order valence-electron chi connectivity index (χ4n) is 3.04. The lowest BCUT2D eigenvalue weighted by atomic mass is 9.67. The highest BCUT2D eigenvalue weighted by Gasteiger charge is 2.36. The Morgan fingerprint density at radius 3 is 1.87 bits per heavy atom. The Morgan fingerprint density at radius 2 is 1.33 bits per heavy atom. The molecule has 0 heterocycles. The van der Waals surface area contributed by atoms with Gasteiger partial charge in [0, 0.05) is 23.2 Å². The van der Waals surface area contributed by atoms with Gasteiger partial charge in [0.05, 0.1) is 0 Å². The molecule has 0 bridgehead atoms. The molecule has 4 N–H and O–H groups in total. The zero-order chi connectivity index (χ0) is 10.4. The van der Waals surface area contributed by atoms with Gasteiger partial charge >= 0.3 is 0 Å². The van der Waals surface area contributed by atoms with Crippen molar-refractivity contribution >= 4 is 0 Å². The van der Waals surface area contributed by atoms with Crippen molar-refractivity contribution in [1.29, 1.82) is 0 Å². The van der Waals surface area contributed by atoms with Gasteiger partial charge in [-0.15, -0.1) is 0 Å². The third-order valence-electron chi connectivity index (χ3n) is 3.76. The molecule has 1 fully saturated rings. The van der Waals surface area contributed by atoms with Crippen LogP contribution in [0.1, 0.15) is 19.3 Å². The molecule has 0 aromatic rings. The van der Waals surface area contributed by atoms with Crippen LogP contribution in [0.15, 0.2) is 46.8 Å². The van der Waals surface area contributed by atoms with Crippen LogP contribution in [0.25, 0.3) is 0 Å². The van der Waals surface area contributed by atoms with Gasteiger partial charge < -0.3 is 11.5 Å². The maximum Gasteiger partial charge on any atom is 0.0483 e. The van der Waals surface area contributed by atoms with Crippen molar-refractivity contribution < 1.29 is 0 Å². The summed E-state index contributed by atoms with van der Waals surface area (Å²) in [6.07, 6.45) is 12.1. The summed E-state index contributed by atoms with van der Waals surface area (Å²) in [7, 11) is 0. The van der Waals surface area contributed by atoms with Crippen LogP contribution in [-0.2, 0) is 0 Å². The molecule has 2 nitrogen and oxygen atoms in total. The largest absolute Gasteiger partial charge is 0.401 e. The minimum atomic E-state index is 0.241. The summed E-state index contributed by atoms with van der Waals surface area (Å²) >= 11 is 0. The fraction of sp³-hybridized carbons (Fsp3) is 0.385. The van der Waals surface area contributed by atoms with Crippen molar-refractivity contribution in [3.05, 3.63) is 46.8 Å². The van der Waals surface area contributed by atoms with Crippen molar-refractivity contribution in [2.24, 2.45) is 23.3 Å². The standard InChI is InChI=1S/C13H16N2/c14-10-6-4-8-2-1-3-9-5-7-11(15)13(10)12(8)9/h4-7,12-13H,1-3,14-15H2. The summed E-state index contributed by atoms with van der Waals surface area (Å²) in [5.41, 5.74) is 17.0. The van der Waals surface area contributed by atoms with Crippen molar-refractivity contribution in [2.45, 2.75) is 19.3 Å². The van der Waals surface area contributed by atoms with Gasteiger partial charge in [0.15, 0.2) is 0 Å². The van der Waals surface area contributed by atoms with Crippen LogP contribution < -0.4 is 11.5 Å². The molecule has 3 aliphatic rings. The molecule has 3 rings (SSSR count). The van der Waals surface area contributed by atoms with Crippen LogP contribution in [0.2, 0.25) is 0 Å². The summed E-state index contributed by atoms with van der Waals surface area (Å²) in [5, 5.41) is 0. The zero-order valence-corrected chi connectivity index (χ0v) is 8.74. The van der Waals surface area contributed by atoms with E-state index in [0.717, 1.165) is 11.4 Å². The maximum atomic E-state index is 6.05. The van der Waals surface area contributed by atoms with Gasteiger partial charge in [-0.05, 0) is 31.4 Å². The molecule has 0 unspecified atom stereocenters. The lowest BCUT2D eigenvalue weighted by Gasteiger charge is -2.39. The van der Waals surface area contributed by atoms with Crippen molar-refractivity contribution in [1.82, 2.24) is 0 Å². The van der Waals surface area contributed by atoms with E-state index >= 15 is 0 Å². The van der Waals surface area contributed by atoms with E-state index in [4.69, 9.17) is 11.5 Å². The summed E-state index contributed by atoms with van der Waals surface area (Å²) in [5.74, 6) is 0.721. The lowest BCUT2D eigenvalue weighted by Crippen LogP contribution is -2.34. The SMILES string of the molecule is NC1=CC=C2CCCC3=CC=C(N)C1C23. The van der Waals surface area contributed by atoms with E-state index in [-0.39, 0.29) is 5.92 Å². The predicted molar refractivity (Wildman–Crippen MR) is 61.5 cm³/mol. The van der Waals surface area contributed by atoms with E-state index in [1.807, 2.05) is 12.2 Å². The minimum absolute atomic E-state index is 0.241. The first-order valence-corrected chi connectivity index (χ1v) is 5.59. The second-order valence-corrected chi connectivity index (χ2v) is 4.63. The van der Waals surface area contributed by atoms with E-state index in [2.05, 4.69) is 12.2 Å².